The highest BCUT2D eigenvalue weighted by atomic mass is 16.3. The zero-order valence-electron chi connectivity index (χ0n) is 16.9. The summed E-state index contributed by atoms with van der Waals surface area (Å²) in [6, 6.07) is 15.1. The molecule has 2 aliphatic heterocycles. The average molecular weight is 390 g/mol. The summed E-state index contributed by atoms with van der Waals surface area (Å²) in [5.41, 5.74) is 4.26. The van der Waals surface area contributed by atoms with Crippen LogP contribution in [0.5, 0.6) is 0 Å². The fraction of sp³-hybridized carbons (Fsp3) is 0.333. The minimum Gasteiger partial charge on any atom is -0.396 e. The van der Waals surface area contributed by atoms with Crippen molar-refractivity contribution in [3.63, 3.8) is 0 Å². The van der Waals surface area contributed by atoms with Crippen molar-refractivity contribution in [2.24, 2.45) is 5.92 Å². The maximum atomic E-state index is 13.6. The number of imide groups is 1. The highest BCUT2D eigenvalue weighted by molar-refractivity contribution is 6.45. The molecule has 0 spiro atoms. The lowest BCUT2D eigenvalue weighted by molar-refractivity contribution is -0.120. The second-order valence-corrected chi connectivity index (χ2v) is 7.89. The fourth-order valence-corrected chi connectivity index (χ4v) is 4.29. The third kappa shape index (κ3) is 3.36. The normalized spacial score (nSPS) is 20.0. The van der Waals surface area contributed by atoms with Crippen LogP contribution in [0, 0.1) is 19.8 Å². The zero-order valence-corrected chi connectivity index (χ0v) is 16.9. The van der Waals surface area contributed by atoms with Gasteiger partial charge in [-0.1, -0.05) is 42.5 Å². The Bertz CT molecular complexity index is 981. The number of aliphatic hydroxyl groups is 1. The van der Waals surface area contributed by atoms with Crippen molar-refractivity contribution in [3.8, 4) is 0 Å². The summed E-state index contributed by atoms with van der Waals surface area (Å²) in [4.78, 5) is 30.5. The van der Waals surface area contributed by atoms with Crippen LogP contribution in [0.2, 0.25) is 0 Å². The molecule has 2 aromatic carbocycles. The van der Waals surface area contributed by atoms with Crippen molar-refractivity contribution in [1.29, 1.82) is 0 Å². The van der Waals surface area contributed by atoms with Crippen molar-refractivity contribution in [3.05, 3.63) is 70.9 Å². The molecule has 0 saturated carbocycles. The van der Waals surface area contributed by atoms with Gasteiger partial charge in [-0.3, -0.25) is 9.59 Å². The van der Waals surface area contributed by atoms with E-state index < -0.39 is 0 Å². The quantitative estimate of drug-likeness (QED) is 0.814. The topological polar surface area (TPSA) is 60.9 Å². The van der Waals surface area contributed by atoms with Crippen LogP contribution < -0.4 is 4.90 Å². The molecule has 29 heavy (non-hydrogen) atoms. The molecule has 150 valence electrons. The second kappa shape index (κ2) is 7.84. The highest BCUT2D eigenvalue weighted by Crippen LogP contribution is 2.37. The van der Waals surface area contributed by atoms with Gasteiger partial charge < -0.3 is 10.0 Å². The molecule has 1 unspecified atom stereocenters. The molecule has 4 rings (SSSR count). The molecule has 2 aromatic rings. The number of hydrogen-bond donors (Lipinski definition) is 1. The number of piperidine rings is 1. The molecule has 5 heteroatoms. The molecule has 5 nitrogen and oxygen atoms in total. The summed E-state index contributed by atoms with van der Waals surface area (Å²) in [6.07, 6.45) is 1.82. The molecule has 0 bridgehead atoms. The van der Waals surface area contributed by atoms with Gasteiger partial charge in [-0.2, -0.15) is 0 Å². The van der Waals surface area contributed by atoms with E-state index >= 15 is 0 Å². The molecule has 0 radical (unpaired) electrons. The van der Waals surface area contributed by atoms with Gasteiger partial charge in [0.1, 0.15) is 5.70 Å². The monoisotopic (exact) mass is 390 g/mol. The van der Waals surface area contributed by atoms with E-state index in [1.807, 2.05) is 67.3 Å². The lowest BCUT2D eigenvalue weighted by Crippen LogP contribution is -2.40. The Kier molecular flexibility index (Phi) is 5.24. The number of anilines is 1. The highest BCUT2D eigenvalue weighted by Gasteiger charge is 2.43. The van der Waals surface area contributed by atoms with E-state index in [9.17, 15) is 14.7 Å². The van der Waals surface area contributed by atoms with Crippen molar-refractivity contribution in [1.82, 2.24) is 4.90 Å². The van der Waals surface area contributed by atoms with E-state index in [0.717, 1.165) is 29.5 Å². The first-order valence-corrected chi connectivity index (χ1v) is 10.1. The molecule has 1 atom stereocenters. The van der Waals surface area contributed by atoms with Gasteiger partial charge >= 0.3 is 0 Å². The number of nitrogens with zero attached hydrogens (tertiary/aromatic N) is 2. The van der Waals surface area contributed by atoms with Crippen LogP contribution in [0.4, 0.5) is 5.69 Å². The van der Waals surface area contributed by atoms with E-state index in [0.29, 0.717) is 30.0 Å². The van der Waals surface area contributed by atoms with E-state index in [2.05, 4.69) is 0 Å². The Morgan fingerprint density at radius 2 is 1.76 bits per heavy atom. The van der Waals surface area contributed by atoms with Gasteiger partial charge in [-0.15, -0.1) is 0 Å². The van der Waals surface area contributed by atoms with Crippen LogP contribution in [0.25, 0.3) is 5.57 Å². The van der Waals surface area contributed by atoms with Gasteiger partial charge in [-0.25, -0.2) is 4.90 Å². The number of rotatable bonds is 4. The van der Waals surface area contributed by atoms with Crippen molar-refractivity contribution >= 4 is 23.1 Å². The number of benzene rings is 2. The fourth-order valence-electron chi connectivity index (χ4n) is 4.29. The van der Waals surface area contributed by atoms with Crippen molar-refractivity contribution in [2.75, 3.05) is 24.6 Å². The first-order chi connectivity index (χ1) is 14.0. The Balaban J connectivity index is 1.83. The molecule has 1 fully saturated rings. The van der Waals surface area contributed by atoms with Gasteiger partial charge in [0, 0.05) is 19.7 Å². The van der Waals surface area contributed by atoms with Crippen LogP contribution in [-0.4, -0.2) is 41.5 Å². The molecule has 1 saturated heterocycles. The molecular weight excluding hydrogens is 364 g/mol. The number of likely N-dealkylation sites (tertiary alicyclic amines) is 1. The van der Waals surface area contributed by atoms with Crippen LogP contribution >= 0.6 is 0 Å². The second-order valence-electron chi connectivity index (χ2n) is 7.89. The van der Waals surface area contributed by atoms with Crippen LogP contribution in [0.15, 0.2) is 54.2 Å². The maximum Gasteiger partial charge on any atom is 0.282 e. The zero-order chi connectivity index (χ0) is 20.5. The Hall–Kier alpha value is -2.92. The first kappa shape index (κ1) is 19.4. The molecular formula is C24H26N2O3. The standard InChI is InChI=1S/C24H26N2O3/c1-16-8-6-12-20(17(16)2)26-23(28)21(19-10-4-3-5-11-19)22(24(26)29)25-13-7-9-18(14-25)15-27/h3-6,8,10-12,18,27H,7,9,13-15H2,1-2H3. The number of aryl methyl sites for hydroxylation is 1. The third-order valence-electron chi connectivity index (χ3n) is 6.03. The lowest BCUT2D eigenvalue weighted by Gasteiger charge is -2.34. The van der Waals surface area contributed by atoms with Gasteiger partial charge in [0.05, 0.1) is 11.3 Å². The van der Waals surface area contributed by atoms with Crippen LogP contribution in [-0.2, 0) is 9.59 Å². The number of hydrogen-bond acceptors (Lipinski definition) is 4. The molecule has 2 heterocycles. The van der Waals surface area contributed by atoms with E-state index in [1.54, 1.807) is 0 Å². The average Bonchev–Trinajstić information content (AvgIpc) is 3.01. The Morgan fingerprint density at radius 3 is 2.48 bits per heavy atom. The first-order valence-electron chi connectivity index (χ1n) is 10.1. The Morgan fingerprint density at radius 1 is 1.00 bits per heavy atom. The van der Waals surface area contributed by atoms with Gasteiger partial charge in [0.15, 0.2) is 0 Å². The van der Waals surface area contributed by atoms with Gasteiger partial charge in [0.25, 0.3) is 11.8 Å². The Labute approximate surface area is 171 Å². The third-order valence-corrected chi connectivity index (χ3v) is 6.03. The summed E-state index contributed by atoms with van der Waals surface area (Å²) in [5.74, 6) is -0.442. The predicted molar refractivity (Wildman–Crippen MR) is 113 cm³/mol. The summed E-state index contributed by atoms with van der Waals surface area (Å²) < 4.78 is 0. The van der Waals surface area contributed by atoms with Gasteiger partial charge in [-0.05, 0) is 55.4 Å². The summed E-state index contributed by atoms with van der Waals surface area (Å²) in [7, 11) is 0. The predicted octanol–water partition coefficient (Wildman–Crippen LogP) is 3.29. The van der Waals surface area contributed by atoms with Crippen LogP contribution in [0.3, 0.4) is 0 Å². The molecule has 0 aromatic heterocycles. The van der Waals surface area contributed by atoms with Crippen LogP contribution in [0.1, 0.15) is 29.5 Å². The number of carbonyl (C=O) groups is 2. The summed E-state index contributed by atoms with van der Waals surface area (Å²) in [5, 5.41) is 9.64. The minimum absolute atomic E-state index is 0.0906. The molecule has 1 N–H and O–H groups in total. The molecule has 2 aliphatic rings. The van der Waals surface area contributed by atoms with Crippen molar-refractivity contribution < 1.29 is 14.7 Å². The van der Waals surface area contributed by atoms with E-state index in [1.165, 1.54) is 4.90 Å². The van der Waals surface area contributed by atoms with Gasteiger partial charge in [0.2, 0.25) is 0 Å². The molecule has 0 aliphatic carbocycles. The molecule has 2 amide bonds. The van der Waals surface area contributed by atoms with E-state index in [4.69, 9.17) is 0 Å². The lowest BCUT2D eigenvalue weighted by atomic mass is 9.97. The maximum absolute atomic E-state index is 13.6. The smallest absolute Gasteiger partial charge is 0.282 e. The largest absolute Gasteiger partial charge is 0.396 e. The minimum atomic E-state index is -0.281. The number of aliphatic hydroxyl groups excluding tert-OH is 1. The number of carbonyl (C=O) groups excluding carboxylic acids is 2. The summed E-state index contributed by atoms with van der Waals surface area (Å²) >= 11 is 0. The van der Waals surface area contributed by atoms with Crippen molar-refractivity contribution in [2.45, 2.75) is 26.7 Å². The van der Waals surface area contributed by atoms with E-state index in [-0.39, 0.29) is 24.3 Å². The number of amides is 2. The summed E-state index contributed by atoms with van der Waals surface area (Å²) in [6.45, 7) is 5.30. The SMILES string of the molecule is Cc1cccc(N2C(=O)C(c3ccccc3)=C(N3CCCC(CO)C3)C2=O)c1C.